The van der Waals surface area contributed by atoms with Crippen molar-refractivity contribution < 1.29 is 9.53 Å². The molecule has 0 atom stereocenters. The molecule has 80 valence electrons. The third kappa shape index (κ3) is 3.40. The average molecular weight is 225 g/mol. The molecule has 0 amide bonds. The number of rotatable bonds is 5. The minimum Gasteiger partial charge on any atom is -0.497 e. The van der Waals surface area contributed by atoms with Crippen LogP contribution in [0, 0.1) is 0 Å². The van der Waals surface area contributed by atoms with Gasteiger partial charge in [0.25, 0.3) is 0 Å². The number of alkyl halides is 1. The predicted molar refractivity (Wildman–Crippen MR) is 62.8 cm³/mol. The minimum absolute atomic E-state index is 0.586. The summed E-state index contributed by atoms with van der Waals surface area (Å²) in [6, 6.07) is 5.40. The number of allylic oxidation sites excluding steroid dienone is 1. The predicted octanol–water partition coefficient (Wildman–Crippen LogP) is 3.15. The first-order valence-corrected chi connectivity index (χ1v) is 5.21. The minimum atomic E-state index is 0.586. The molecular weight excluding hydrogens is 212 g/mol. The lowest BCUT2D eigenvalue weighted by molar-refractivity contribution is 0.112. The van der Waals surface area contributed by atoms with Crippen molar-refractivity contribution in [3.63, 3.8) is 0 Å². The van der Waals surface area contributed by atoms with Crippen molar-refractivity contribution in [2.75, 3.05) is 13.0 Å². The molecule has 0 radical (unpaired) electrons. The van der Waals surface area contributed by atoms with Crippen LogP contribution < -0.4 is 4.74 Å². The maximum Gasteiger partial charge on any atom is 0.150 e. The Balaban J connectivity index is 2.92. The molecule has 0 N–H and O–H groups in total. The zero-order valence-corrected chi connectivity index (χ0v) is 9.33. The molecule has 2 nitrogen and oxygen atoms in total. The number of hydrogen-bond donors (Lipinski definition) is 0. The topological polar surface area (TPSA) is 26.3 Å². The van der Waals surface area contributed by atoms with Crippen molar-refractivity contribution in [2.24, 2.45) is 0 Å². The molecule has 1 aromatic carbocycles. The fourth-order valence-corrected chi connectivity index (χ4v) is 1.33. The standard InChI is InChI=1S/C12H13ClO2/c1-15-12-6-5-10(4-2-3-7-13)11(8-12)9-14/h2,4-6,8-9H,3,7H2,1H3. The van der Waals surface area contributed by atoms with Crippen molar-refractivity contribution in [1.29, 1.82) is 0 Å². The van der Waals surface area contributed by atoms with Crippen LogP contribution in [0.15, 0.2) is 24.3 Å². The van der Waals surface area contributed by atoms with Gasteiger partial charge in [0.2, 0.25) is 0 Å². The number of carbonyl (C=O) groups excluding carboxylic acids is 1. The Morgan fingerprint density at radius 1 is 1.40 bits per heavy atom. The van der Waals surface area contributed by atoms with Crippen molar-refractivity contribution in [2.45, 2.75) is 6.42 Å². The van der Waals surface area contributed by atoms with Crippen molar-refractivity contribution in [3.05, 3.63) is 35.4 Å². The van der Waals surface area contributed by atoms with E-state index < -0.39 is 0 Å². The van der Waals surface area contributed by atoms with Gasteiger partial charge in [-0.15, -0.1) is 11.6 Å². The number of methoxy groups -OCH3 is 1. The quantitative estimate of drug-likeness (QED) is 0.567. The van der Waals surface area contributed by atoms with Crippen LogP contribution >= 0.6 is 11.6 Å². The SMILES string of the molecule is COc1ccc(C=CCCCl)c(C=O)c1. The van der Waals surface area contributed by atoms with E-state index in [1.54, 1.807) is 13.2 Å². The van der Waals surface area contributed by atoms with Crippen molar-refractivity contribution >= 4 is 24.0 Å². The van der Waals surface area contributed by atoms with Crippen LogP contribution in [0.4, 0.5) is 0 Å². The number of halogens is 1. The molecule has 0 saturated heterocycles. The highest BCUT2D eigenvalue weighted by Gasteiger charge is 2.00. The largest absolute Gasteiger partial charge is 0.497 e. The molecule has 1 aromatic rings. The fraction of sp³-hybridized carbons (Fsp3) is 0.250. The van der Waals surface area contributed by atoms with Gasteiger partial charge in [0.1, 0.15) is 5.75 Å². The molecule has 0 heterocycles. The molecule has 0 bridgehead atoms. The van der Waals surface area contributed by atoms with Crippen LogP contribution in [0.5, 0.6) is 5.75 Å². The van der Waals surface area contributed by atoms with Gasteiger partial charge in [0.15, 0.2) is 6.29 Å². The second-order valence-corrected chi connectivity index (χ2v) is 3.37. The molecular formula is C12H13ClO2. The first-order valence-electron chi connectivity index (χ1n) is 4.67. The van der Waals surface area contributed by atoms with Crippen molar-refractivity contribution in [3.8, 4) is 5.75 Å². The highest BCUT2D eigenvalue weighted by Crippen LogP contribution is 2.17. The van der Waals surface area contributed by atoms with Gasteiger partial charge in [-0.05, 0) is 24.1 Å². The average Bonchev–Trinajstić information content (AvgIpc) is 2.29. The van der Waals surface area contributed by atoms with Crippen LogP contribution in [0.1, 0.15) is 22.3 Å². The fourth-order valence-electron chi connectivity index (χ4n) is 1.21. The molecule has 0 fully saturated rings. The Kier molecular flexibility index (Phi) is 4.91. The lowest BCUT2D eigenvalue weighted by Crippen LogP contribution is -1.89. The normalized spacial score (nSPS) is 10.5. The second-order valence-electron chi connectivity index (χ2n) is 2.99. The van der Waals surface area contributed by atoms with E-state index in [1.807, 2.05) is 24.3 Å². The van der Waals surface area contributed by atoms with Gasteiger partial charge in [-0.3, -0.25) is 4.79 Å². The summed E-state index contributed by atoms with van der Waals surface area (Å²) < 4.78 is 5.03. The van der Waals surface area contributed by atoms with Crippen molar-refractivity contribution in [1.82, 2.24) is 0 Å². The maximum absolute atomic E-state index is 10.8. The van der Waals surface area contributed by atoms with Crippen LogP contribution in [0.25, 0.3) is 6.08 Å². The van der Waals surface area contributed by atoms with Gasteiger partial charge >= 0.3 is 0 Å². The lowest BCUT2D eigenvalue weighted by atomic mass is 10.1. The van der Waals surface area contributed by atoms with Gasteiger partial charge in [0.05, 0.1) is 7.11 Å². The van der Waals surface area contributed by atoms with E-state index in [1.165, 1.54) is 0 Å². The first-order chi connectivity index (χ1) is 7.31. The van der Waals surface area contributed by atoms with Crippen LogP contribution in [0.3, 0.4) is 0 Å². The summed E-state index contributed by atoms with van der Waals surface area (Å²) >= 11 is 5.55. The molecule has 3 heteroatoms. The zero-order valence-electron chi connectivity index (χ0n) is 8.57. The molecule has 15 heavy (non-hydrogen) atoms. The molecule has 0 aliphatic heterocycles. The summed E-state index contributed by atoms with van der Waals surface area (Å²) in [5, 5.41) is 0. The van der Waals surface area contributed by atoms with Gasteiger partial charge < -0.3 is 4.74 Å². The summed E-state index contributed by atoms with van der Waals surface area (Å²) in [4.78, 5) is 10.8. The monoisotopic (exact) mass is 224 g/mol. The van der Waals surface area contributed by atoms with E-state index >= 15 is 0 Å². The Bertz CT molecular complexity index is 359. The van der Waals surface area contributed by atoms with E-state index in [0.717, 1.165) is 18.3 Å². The highest BCUT2D eigenvalue weighted by molar-refractivity contribution is 6.17. The number of carbonyl (C=O) groups is 1. The number of hydrogen-bond acceptors (Lipinski definition) is 2. The summed E-state index contributed by atoms with van der Waals surface area (Å²) in [5.74, 6) is 1.27. The third-order valence-corrected chi connectivity index (χ3v) is 2.21. The molecule has 0 saturated carbocycles. The Morgan fingerprint density at radius 2 is 2.20 bits per heavy atom. The van der Waals surface area contributed by atoms with E-state index in [9.17, 15) is 4.79 Å². The van der Waals surface area contributed by atoms with E-state index in [2.05, 4.69) is 0 Å². The summed E-state index contributed by atoms with van der Waals surface area (Å²) in [6.07, 6.45) is 5.46. The smallest absolute Gasteiger partial charge is 0.150 e. The molecule has 0 unspecified atom stereocenters. The molecule has 0 aliphatic carbocycles. The number of aldehydes is 1. The Labute approximate surface area is 94.5 Å². The Hall–Kier alpha value is -1.28. The molecule has 0 spiro atoms. The zero-order chi connectivity index (χ0) is 11.1. The second kappa shape index (κ2) is 6.25. The molecule has 0 aliphatic rings. The summed E-state index contributed by atoms with van der Waals surface area (Å²) in [5.41, 5.74) is 1.51. The van der Waals surface area contributed by atoms with E-state index in [0.29, 0.717) is 17.2 Å². The molecule has 0 aromatic heterocycles. The van der Waals surface area contributed by atoms with Gasteiger partial charge in [0, 0.05) is 11.4 Å². The van der Waals surface area contributed by atoms with Gasteiger partial charge in [-0.2, -0.15) is 0 Å². The van der Waals surface area contributed by atoms with Gasteiger partial charge in [-0.25, -0.2) is 0 Å². The van der Waals surface area contributed by atoms with Crippen LogP contribution in [0.2, 0.25) is 0 Å². The number of ether oxygens (including phenoxy) is 1. The van der Waals surface area contributed by atoms with Crippen LogP contribution in [-0.4, -0.2) is 19.3 Å². The van der Waals surface area contributed by atoms with E-state index in [4.69, 9.17) is 16.3 Å². The molecule has 1 rings (SSSR count). The summed E-state index contributed by atoms with van der Waals surface area (Å²) in [7, 11) is 1.58. The highest BCUT2D eigenvalue weighted by atomic mass is 35.5. The summed E-state index contributed by atoms with van der Waals surface area (Å²) in [6.45, 7) is 0. The lowest BCUT2D eigenvalue weighted by Gasteiger charge is -2.03. The maximum atomic E-state index is 10.8. The third-order valence-electron chi connectivity index (χ3n) is 1.99. The van der Waals surface area contributed by atoms with Crippen LogP contribution in [-0.2, 0) is 0 Å². The number of benzene rings is 1. The Morgan fingerprint density at radius 3 is 2.80 bits per heavy atom. The van der Waals surface area contributed by atoms with E-state index in [-0.39, 0.29) is 0 Å². The first kappa shape index (κ1) is 11.8. The van der Waals surface area contributed by atoms with Gasteiger partial charge in [-0.1, -0.05) is 18.2 Å².